The molecule has 0 bridgehead atoms. The highest BCUT2D eigenvalue weighted by Crippen LogP contribution is 2.39. The summed E-state index contributed by atoms with van der Waals surface area (Å²) in [5, 5.41) is 0. The maximum atomic E-state index is 12.2. The van der Waals surface area contributed by atoms with Gasteiger partial charge >= 0.3 is 0 Å². The number of carbonyl (C=O) groups excluding carboxylic acids is 1. The van der Waals surface area contributed by atoms with E-state index in [0.717, 1.165) is 38.1 Å². The van der Waals surface area contributed by atoms with Gasteiger partial charge in [0.2, 0.25) is 0 Å². The predicted molar refractivity (Wildman–Crippen MR) is 80.3 cm³/mol. The lowest BCUT2D eigenvalue weighted by Gasteiger charge is -2.38. The SMILES string of the molecule is CN(Cc1ccco1)CC1CC(C(C)(C)C)CCC1=O. The number of nitrogens with zero attached hydrogens (tertiary/aromatic N) is 1. The fraction of sp³-hybridized carbons (Fsp3) is 0.706. The maximum absolute atomic E-state index is 12.2. The number of carbonyl (C=O) groups is 1. The molecule has 1 aromatic rings. The number of furan rings is 1. The highest BCUT2D eigenvalue weighted by Gasteiger charge is 2.35. The van der Waals surface area contributed by atoms with Crippen LogP contribution in [0.5, 0.6) is 0 Å². The molecule has 2 unspecified atom stereocenters. The quantitative estimate of drug-likeness (QED) is 0.840. The van der Waals surface area contributed by atoms with Crippen molar-refractivity contribution in [1.29, 1.82) is 0 Å². The van der Waals surface area contributed by atoms with Crippen LogP contribution in [0.1, 0.15) is 45.8 Å². The molecule has 0 N–H and O–H groups in total. The minimum Gasteiger partial charge on any atom is -0.468 e. The van der Waals surface area contributed by atoms with Crippen LogP contribution in [0.4, 0.5) is 0 Å². The van der Waals surface area contributed by atoms with E-state index < -0.39 is 0 Å². The molecule has 1 aliphatic carbocycles. The van der Waals surface area contributed by atoms with Crippen molar-refractivity contribution in [3.63, 3.8) is 0 Å². The molecule has 0 saturated heterocycles. The molecule has 0 amide bonds. The second kappa shape index (κ2) is 6.13. The zero-order valence-corrected chi connectivity index (χ0v) is 13.2. The van der Waals surface area contributed by atoms with Crippen molar-refractivity contribution in [2.24, 2.45) is 17.3 Å². The Labute approximate surface area is 122 Å². The van der Waals surface area contributed by atoms with Gasteiger partial charge in [-0.25, -0.2) is 0 Å². The van der Waals surface area contributed by atoms with Crippen LogP contribution in [0, 0.1) is 17.3 Å². The molecular formula is C17H27NO2. The van der Waals surface area contributed by atoms with Crippen LogP contribution in [0.25, 0.3) is 0 Å². The second-order valence-corrected chi connectivity index (χ2v) is 7.28. The van der Waals surface area contributed by atoms with Gasteiger partial charge in [0, 0.05) is 18.9 Å². The largest absolute Gasteiger partial charge is 0.468 e. The third kappa shape index (κ3) is 3.95. The van der Waals surface area contributed by atoms with Crippen molar-refractivity contribution >= 4 is 5.78 Å². The first-order valence-electron chi connectivity index (χ1n) is 7.60. The standard InChI is InChI=1S/C17H27NO2/c1-17(2,3)14-7-8-16(19)13(10-14)11-18(4)12-15-6-5-9-20-15/h5-6,9,13-14H,7-8,10-12H2,1-4H3. The van der Waals surface area contributed by atoms with Gasteiger partial charge in [-0.2, -0.15) is 0 Å². The summed E-state index contributed by atoms with van der Waals surface area (Å²) in [5.74, 6) is 2.25. The van der Waals surface area contributed by atoms with Crippen molar-refractivity contribution in [2.45, 2.75) is 46.6 Å². The highest BCUT2D eigenvalue weighted by molar-refractivity contribution is 5.82. The van der Waals surface area contributed by atoms with Crippen LogP contribution < -0.4 is 0 Å². The molecule has 1 saturated carbocycles. The number of hydrogen-bond acceptors (Lipinski definition) is 3. The number of Topliss-reactive ketones (excluding diaryl/α,β-unsaturated/α-hetero) is 1. The van der Waals surface area contributed by atoms with E-state index in [9.17, 15) is 4.79 Å². The summed E-state index contributed by atoms with van der Waals surface area (Å²) >= 11 is 0. The van der Waals surface area contributed by atoms with Crippen molar-refractivity contribution in [3.05, 3.63) is 24.2 Å². The molecule has 112 valence electrons. The van der Waals surface area contributed by atoms with Gasteiger partial charge in [0.25, 0.3) is 0 Å². The first-order chi connectivity index (χ1) is 9.36. The molecular weight excluding hydrogens is 250 g/mol. The van der Waals surface area contributed by atoms with Gasteiger partial charge in [-0.05, 0) is 43.4 Å². The van der Waals surface area contributed by atoms with E-state index in [1.165, 1.54) is 0 Å². The van der Waals surface area contributed by atoms with E-state index >= 15 is 0 Å². The summed E-state index contributed by atoms with van der Waals surface area (Å²) in [6.07, 6.45) is 4.54. The fourth-order valence-electron chi connectivity index (χ4n) is 3.19. The maximum Gasteiger partial charge on any atom is 0.137 e. The molecule has 0 radical (unpaired) electrons. The molecule has 2 atom stereocenters. The third-order valence-corrected chi connectivity index (χ3v) is 4.53. The molecule has 3 nitrogen and oxygen atoms in total. The minimum absolute atomic E-state index is 0.188. The van der Waals surface area contributed by atoms with Gasteiger partial charge in [-0.1, -0.05) is 20.8 Å². The molecule has 0 aliphatic heterocycles. The molecule has 1 aliphatic rings. The van der Waals surface area contributed by atoms with Gasteiger partial charge in [-0.3, -0.25) is 9.69 Å². The van der Waals surface area contributed by atoms with E-state index in [1.807, 2.05) is 12.1 Å². The van der Waals surface area contributed by atoms with Gasteiger partial charge in [-0.15, -0.1) is 0 Å². The molecule has 0 aromatic carbocycles. The number of ketones is 1. The molecule has 0 spiro atoms. The Kier molecular flexibility index (Phi) is 4.69. The Balaban J connectivity index is 1.91. The van der Waals surface area contributed by atoms with Gasteiger partial charge < -0.3 is 4.42 Å². The highest BCUT2D eigenvalue weighted by atomic mass is 16.3. The van der Waals surface area contributed by atoms with E-state index in [4.69, 9.17) is 4.42 Å². The summed E-state index contributed by atoms with van der Waals surface area (Å²) in [4.78, 5) is 14.4. The number of hydrogen-bond donors (Lipinski definition) is 0. The van der Waals surface area contributed by atoms with Crippen LogP contribution in [-0.4, -0.2) is 24.3 Å². The van der Waals surface area contributed by atoms with Crippen LogP contribution in [0.3, 0.4) is 0 Å². The van der Waals surface area contributed by atoms with Crippen molar-refractivity contribution in [3.8, 4) is 0 Å². The average Bonchev–Trinajstić information content (AvgIpc) is 2.83. The van der Waals surface area contributed by atoms with E-state index in [1.54, 1.807) is 6.26 Å². The summed E-state index contributed by atoms with van der Waals surface area (Å²) in [6, 6.07) is 3.89. The van der Waals surface area contributed by atoms with Crippen LogP contribution >= 0.6 is 0 Å². The van der Waals surface area contributed by atoms with Crippen molar-refractivity contribution in [2.75, 3.05) is 13.6 Å². The van der Waals surface area contributed by atoms with Gasteiger partial charge in [0.15, 0.2) is 0 Å². The lowest BCUT2D eigenvalue weighted by atomic mass is 9.68. The lowest BCUT2D eigenvalue weighted by Crippen LogP contribution is -2.37. The predicted octanol–water partition coefficient (Wildman–Crippen LogP) is 3.74. The Bertz CT molecular complexity index is 430. The minimum atomic E-state index is 0.188. The van der Waals surface area contributed by atoms with E-state index in [-0.39, 0.29) is 5.92 Å². The Morgan fingerprint density at radius 2 is 2.15 bits per heavy atom. The van der Waals surface area contributed by atoms with Gasteiger partial charge in [0.1, 0.15) is 11.5 Å². The average molecular weight is 277 g/mol. The normalized spacial score (nSPS) is 24.4. The van der Waals surface area contributed by atoms with Gasteiger partial charge in [0.05, 0.1) is 12.8 Å². The smallest absolute Gasteiger partial charge is 0.137 e. The second-order valence-electron chi connectivity index (χ2n) is 7.28. The summed E-state index contributed by atoms with van der Waals surface area (Å²) in [5.41, 5.74) is 0.304. The molecule has 1 aromatic heterocycles. The molecule has 1 fully saturated rings. The third-order valence-electron chi connectivity index (χ3n) is 4.53. The van der Waals surface area contributed by atoms with Crippen LogP contribution in [0.2, 0.25) is 0 Å². The monoisotopic (exact) mass is 277 g/mol. The Morgan fingerprint density at radius 1 is 1.40 bits per heavy atom. The molecule has 2 rings (SSSR count). The van der Waals surface area contributed by atoms with Crippen molar-refractivity contribution < 1.29 is 9.21 Å². The first-order valence-corrected chi connectivity index (χ1v) is 7.60. The van der Waals surface area contributed by atoms with Crippen LogP contribution in [-0.2, 0) is 11.3 Å². The van der Waals surface area contributed by atoms with E-state index in [2.05, 4.69) is 32.7 Å². The molecule has 1 heterocycles. The van der Waals surface area contributed by atoms with Crippen LogP contribution in [0.15, 0.2) is 22.8 Å². The zero-order chi connectivity index (χ0) is 14.8. The van der Waals surface area contributed by atoms with E-state index in [0.29, 0.717) is 17.1 Å². The topological polar surface area (TPSA) is 33.5 Å². The Morgan fingerprint density at radius 3 is 2.75 bits per heavy atom. The summed E-state index contributed by atoms with van der Waals surface area (Å²) in [6.45, 7) is 8.48. The fourth-order valence-corrected chi connectivity index (χ4v) is 3.19. The zero-order valence-electron chi connectivity index (χ0n) is 13.2. The summed E-state index contributed by atoms with van der Waals surface area (Å²) in [7, 11) is 2.07. The van der Waals surface area contributed by atoms with Crippen molar-refractivity contribution in [1.82, 2.24) is 4.90 Å². The molecule has 20 heavy (non-hydrogen) atoms. The summed E-state index contributed by atoms with van der Waals surface area (Å²) < 4.78 is 5.37. The number of rotatable bonds is 4. The first kappa shape index (κ1) is 15.3. The Hall–Kier alpha value is -1.09. The molecule has 3 heteroatoms. The lowest BCUT2D eigenvalue weighted by molar-refractivity contribution is -0.127.